The van der Waals surface area contributed by atoms with Crippen molar-refractivity contribution in [2.75, 3.05) is 13.2 Å². The van der Waals surface area contributed by atoms with E-state index in [9.17, 15) is 0 Å². The Kier molecular flexibility index (Phi) is 18.7. The highest BCUT2D eigenvalue weighted by molar-refractivity contribution is 4.80. The summed E-state index contributed by atoms with van der Waals surface area (Å²) in [6.07, 6.45) is 23.9. The molecule has 0 heterocycles. The van der Waals surface area contributed by atoms with Gasteiger partial charge in [0, 0.05) is 6.61 Å². The molecular formula is C29H58O5. The molecule has 0 aromatic heterocycles. The van der Waals surface area contributed by atoms with Gasteiger partial charge in [0.25, 0.3) is 0 Å². The molecule has 0 spiro atoms. The van der Waals surface area contributed by atoms with Crippen LogP contribution in [0.5, 0.6) is 0 Å². The van der Waals surface area contributed by atoms with Gasteiger partial charge < -0.3 is 24.4 Å². The van der Waals surface area contributed by atoms with Gasteiger partial charge in [-0.2, -0.15) is 0 Å². The molecule has 0 bridgehead atoms. The zero-order valence-electron chi connectivity index (χ0n) is 22.9. The van der Waals surface area contributed by atoms with Gasteiger partial charge in [-0.25, -0.2) is 0 Å². The van der Waals surface area contributed by atoms with Gasteiger partial charge in [0.15, 0.2) is 0 Å². The van der Waals surface area contributed by atoms with Crippen molar-refractivity contribution in [1.29, 1.82) is 0 Å². The summed E-state index contributed by atoms with van der Waals surface area (Å²) < 4.78 is 27.1. The van der Waals surface area contributed by atoms with Crippen molar-refractivity contribution in [3.63, 3.8) is 0 Å². The van der Waals surface area contributed by atoms with Crippen molar-refractivity contribution < 1.29 is 24.4 Å². The van der Waals surface area contributed by atoms with E-state index in [1.165, 1.54) is 77.0 Å². The number of hydrogen-bond acceptors (Lipinski definition) is 4. The average Bonchev–Trinajstić information content (AvgIpc) is 3.34. The lowest BCUT2D eigenvalue weighted by Gasteiger charge is -2.43. The van der Waals surface area contributed by atoms with Gasteiger partial charge in [0.1, 0.15) is 6.10 Å². The van der Waals surface area contributed by atoms with Crippen LogP contribution in [0.15, 0.2) is 0 Å². The van der Waals surface area contributed by atoms with E-state index >= 15 is 0 Å². The van der Waals surface area contributed by atoms with Crippen LogP contribution < -0.4 is 0 Å². The van der Waals surface area contributed by atoms with Crippen molar-refractivity contribution in [3.05, 3.63) is 0 Å². The molecule has 204 valence electrons. The molecule has 2 atom stereocenters. The minimum Gasteiger partial charge on any atom is -0.412 e. The highest BCUT2D eigenvalue weighted by Gasteiger charge is 2.47. The lowest BCUT2D eigenvalue weighted by atomic mass is 9.97. The van der Waals surface area contributed by atoms with E-state index in [1.54, 1.807) is 0 Å². The fourth-order valence-corrected chi connectivity index (χ4v) is 5.26. The molecular weight excluding hydrogens is 428 g/mol. The van der Waals surface area contributed by atoms with E-state index in [0.29, 0.717) is 6.61 Å². The highest BCUT2D eigenvalue weighted by Crippen LogP contribution is 2.37. The van der Waals surface area contributed by atoms with Crippen molar-refractivity contribution in [2.45, 2.75) is 173 Å². The number of rotatable bonds is 20. The molecule has 5 nitrogen and oxygen atoms in total. The Labute approximate surface area is 211 Å². The first-order chi connectivity index (χ1) is 16.2. The minimum absolute atomic E-state index is 0. The zero-order valence-corrected chi connectivity index (χ0v) is 22.9. The predicted molar refractivity (Wildman–Crippen MR) is 141 cm³/mol. The predicted octanol–water partition coefficient (Wildman–Crippen LogP) is 7.88. The van der Waals surface area contributed by atoms with Crippen LogP contribution in [-0.4, -0.2) is 43.0 Å². The number of unbranched alkanes of at least 4 members (excludes halogenated alkanes) is 7. The molecule has 5 heteroatoms. The summed E-state index contributed by atoms with van der Waals surface area (Å²) in [5, 5.41) is 0. The standard InChI is InChI=1S/C29H56O4.H2O/c1-4-7-10-18-25-31-29(33-27-21-15-16-22-27,32-26-19-13-11-14-20-26)28(23-12-8-5-2)30-24-17-9-6-3;/h26-28H,4-25H2,1-3H3;1H2. The average molecular weight is 487 g/mol. The first kappa shape index (κ1) is 31.8. The molecule has 2 N–H and O–H groups in total. The molecule has 2 aliphatic carbocycles. The van der Waals surface area contributed by atoms with Gasteiger partial charge >= 0.3 is 5.97 Å². The topological polar surface area (TPSA) is 68.4 Å². The van der Waals surface area contributed by atoms with E-state index in [4.69, 9.17) is 18.9 Å². The highest BCUT2D eigenvalue weighted by atomic mass is 16.9. The Morgan fingerprint density at radius 3 is 1.71 bits per heavy atom. The summed E-state index contributed by atoms with van der Waals surface area (Å²) in [5.41, 5.74) is 0. The Balaban J connectivity index is 0.00000578. The Bertz CT molecular complexity index is 448. The number of hydrogen-bond donors (Lipinski definition) is 0. The Morgan fingerprint density at radius 2 is 1.12 bits per heavy atom. The summed E-state index contributed by atoms with van der Waals surface area (Å²) in [7, 11) is 0. The maximum Gasteiger partial charge on any atom is 0.311 e. The minimum atomic E-state index is -1.04. The molecule has 0 saturated heterocycles. The van der Waals surface area contributed by atoms with E-state index in [1.807, 2.05) is 0 Å². The van der Waals surface area contributed by atoms with Crippen LogP contribution in [0, 0.1) is 0 Å². The third kappa shape index (κ3) is 12.2. The lowest BCUT2D eigenvalue weighted by molar-refractivity contribution is -0.441. The lowest BCUT2D eigenvalue weighted by Crippen LogP contribution is -2.55. The van der Waals surface area contributed by atoms with Gasteiger partial charge in [-0.05, 0) is 44.9 Å². The van der Waals surface area contributed by atoms with Crippen molar-refractivity contribution in [1.82, 2.24) is 0 Å². The molecule has 2 saturated carbocycles. The smallest absolute Gasteiger partial charge is 0.311 e. The molecule has 2 fully saturated rings. The van der Waals surface area contributed by atoms with E-state index in [2.05, 4.69) is 20.8 Å². The van der Waals surface area contributed by atoms with Crippen molar-refractivity contribution >= 4 is 0 Å². The summed E-state index contributed by atoms with van der Waals surface area (Å²) in [6.45, 7) is 8.24. The molecule has 2 rings (SSSR count). The first-order valence-corrected chi connectivity index (χ1v) is 14.8. The van der Waals surface area contributed by atoms with Crippen LogP contribution in [0.4, 0.5) is 0 Å². The van der Waals surface area contributed by atoms with Crippen LogP contribution in [-0.2, 0) is 18.9 Å². The fourth-order valence-electron chi connectivity index (χ4n) is 5.26. The molecule has 0 amide bonds. The molecule has 0 aliphatic heterocycles. The van der Waals surface area contributed by atoms with E-state index in [0.717, 1.165) is 58.0 Å². The van der Waals surface area contributed by atoms with Crippen LogP contribution in [0.25, 0.3) is 0 Å². The fraction of sp³-hybridized carbons (Fsp3) is 1.00. The number of ether oxygens (including phenoxy) is 4. The van der Waals surface area contributed by atoms with E-state index in [-0.39, 0.29) is 23.8 Å². The Morgan fingerprint density at radius 1 is 0.618 bits per heavy atom. The Hall–Kier alpha value is -0.200. The maximum absolute atomic E-state index is 6.93. The van der Waals surface area contributed by atoms with Crippen molar-refractivity contribution in [3.8, 4) is 0 Å². The molecule has 0 aromatic carbocycles. The quantitative estimate of drug-likeness (QED) is 0.130. The van der Waals surface area contributed by atoms with Crippen molar-refractivity contribution in [2.24, 2.45) is 0 Å². The van der Waals surface area contributed by atoms with Gasteiger partial charge in [0.05, 0.1) is 18.8 Å². The monoisotopic (exact) mass is 486 g/mol. The third-order valence-corrected chi connectivity index (χ3v) is 7.35. The van der Waals surface area contributed by atoms with Gasteiger partial charge in [-0.1, -0.05) is 104 Å². The second-order valence-electron chi connectivity index (χ2n) is 10.5. The summed E-state index contributed by atoms with van der Waals surface area (Å²) >= 11 is 0. The second kappa shape index (κ2) is 19.9. The van der Waals surface area contributed by atoms with Crippen LogP contribution in [0.3, 0.4) is 0 Å². The summed E-state index contributed by atoms with van der Waals surface area (Å²) in [5.74, 6) is -1.04. The third-order valence-electron chi connectivity index (χ3n) is 7.35. The molecule has 2 unspecified atom stereocenters. The maximum atomic E-state index is 6.93. The zero-order chi connectivity index (χ0) is 23.6. The van der Waals surface area contributed by atoms with Gasteiger partial charge in [-0.15, -0.1) is 0 Å². The largest absolute Gasteiger partial charge is 0.412 e. The normalized spacial score (nSPS) is 20.2. The molecule has 0 radical (unpaired) electrons. The first-order valence-electron chi connectivity index (χ1n) is 14.8. The summed E-state index contributed by atoms with van der Waals surface area (Å²) in [4.78, 5) is 0. The van der Waals surface area contributed by atoms with Crippen LogP contribution >= 0.6 is 0 Å². The SMILES string of the molecule is CCCCCCOC(OC1CCCCC1)(OC1CCCC1)C(CCCCC)OCCCCC.O. The summed E-state index contributed by atoms with van der Waals surface area (Å²) in [6, 6.07) is 0. The van der Waals surface area contributed by atoms with Gasteiger partial charge in [-0.3, -0.25) is 0 Å². The molecule has 2 aliphatic rings. The van der Waals surface area contributed by atoms with Gasteiger partial charge in [0.2, 0.25) is 0 Å². The van der Waals surface area contributed by atoms with Crippen LogP contribution in [0.2, 0.25) is 0 Å². The molecule has 0 aromatic rings. The second-order valence-corrected chi connectivity index (χ2v) is 10.5. The van der Waals surface area contributed by atoms with Crippen LogP contribution in [0.1, 0.15) is 149 Å². The molecule has 34 heavy (non-hydrogen) atoms. The van der Waals surface area contributed by atoms with E-state index < -0.39 is 5.97 Å².